The van der Waals surface area contributed by atoms with Gasteiger partial charge in [0.25, 0.3) is 0 Å². The first-order valence-corrected chi connectivity index (χ1v) is 8.20. The molecule has 1 saturated carbocycles. The molecule has 1 aliphatic carbocycles. The van der Waals surface area contributed by atoms with Gasteiger partial charge in [-0.3, -0.25) is 14.5 Å². The molecule has 0 radical (unpaired) electrons. The fourth-order valence-electron chi connectivity index (χ4n) is 3.54. The lowest BCUT2D eigenvalue weighted by atomic mass is 9.90. The van der Waals surface area contributed by atoms with Crippen LogP contribution >= 0.6 is 0 Å². The van der Waals surface area contributed by atoms with Crippen LogP contribution in [0.3, 0.4) is 0 Å². The normalized spacial score (nSPS) is 26.5. The third-order valence-corrected chi connectivity index (χ3v) is 4.65. The van der Waals surface area contributed by atoms with E-state index in [4.69, 9.17) is 9.47 Å². The van der Waals surface area contributed by atoms with Crippen LogP contribution < -0.4 is 0 Å². The van der Waals surface area contributed by atoms with E-state index >= 15 is 0 Å². The molecule has 1 saturated heterocycles. The maximum absolute atomic E-state index is 12.6. The molecule has 6 nitrogen and oxygen atoms in total. The second kappa shape index (κ2) is 7.92. The van der Waals surface area contributed by atoms with Gasteiger partial charge < -0.3 is 14.4 Å². The molecule has 2 rings (SSSR count). The van der Waals surface area contributed by atoms with Crippen molar-refractivity contribution < 1.29 is 19.1 Å². The fraction of sp³-hybridized carbons (Fsp3) is 0.875. The Morgan fingerprint density at radius 2 is 2.09 bits per heavy atom. The minimum Gasteiger partial charge on any atom is -0.469 e. The lowest BCUT2D eigenvalue weighted by Crippen LogP contribution is -2.56. The Labute approximate surface area is 132 Å². The Kier molecular flexibility index (Phi) is 6.20. The van der Waals surface area contributed by atoms with E-state index in [1.807, 2.05) is 23.8 Å². The number of hydrogen-bond acceptors (Lipinski definition) is 5. The van der Waals surface area contributed by atoms with Crippen LogP contribution in [0.5, 0.6) is 0 Å². The number of nitrogens with zero attached hydrogens (tertiary/aromatic N) is 2. The zero-order valence-corrected chi connectivity index (χ0v) is 13.9. The van der Waals surface area contributed by atoms with Crippen LogP contribution in [0.15, 0.2) is 0 Å². The summed E-state index contributed by atoms with van der Waals surface area (Å²) in [5, 5.41) is 0. The maximum Gasteiger partial charge on any atom is 0.309 e. The van der Waals surface area contributed by atoms with Gasteiger partial charge in [0, 0.05) is 13.1 Å². The smallest absolute Gasteiger partial charge is 0.309 e. The molecule has 0 aromatic carbocycles. The number of carbonyl (C=O) groups is 2. The Balaban J connectivity index is 1.86. The number of hydrogen-bond donors (Lipinski definition) is 0. The van der Waals surface area contributed by atoms with Gasteiger partial charge in [-0.2, -0.15) is 0 Å². The molecule has 6 heteroatoms. The van der Waals surface area contributed by atoms with Gasteiger partial charge in [-0.15, -0.1) is 0 Å². The number of esters is 1. The first kappa shape index (κ1) is 17.2. The van der Waals surface area contributed by atoms with Crippen molar-refractivity contribution in [3.63, 3.8) is 0 Å². The van der Waals surface area contributed by atoms with Crippen LogP contribution in [0.1, 0.15) is 32.6 Å². The molecular formula is C16H28N2O4. The van der Waals surface area contributed by atoms with E-state index in [-0.39, 0.29) is 29.9 Å². The van der Waals surface area contributed by atoms with Gasteiger partial charge in [0.05, 0.1) is 38.3 Å². The molecule has 0 aromatic rings. The predicted molar refractivity (Wildman–Crippen MR) is 82.4 cm³/mol. The van der Waals surface area contributed by atoms with Gasteiger partial charge in [0.15, 0.2) is 0 Å². The van der Waals surface area contributed by atoms with E-state index in [9.17, 15) is 9.59 Å². The summed E-state index contributed by atoms with van der Waals surface area (Å²) in [6.07, 6.45) is 4.68. The number of carbonyl (C=O) groups excluding carboxylic acids is 2. The van der Waals surface area contributed by atoms with E-state index in [2.05, 4.69) is 0 Å². The summed E-state index contributed by atoms with van der Waals surface area (Å²) in [4.78, 5) is 28.0. The van der Waals surface area contributed by atoms with Crippen molar-refractivity contribution in [2.24, 2.45) is 5.92 Å². The standard InChI is InChI=1S/C16H28N2O4/c1-12(16(20)21-3)10-17(2)11-15(19)18-8-9-22-14-7-5-4-6-13(14)18/h12-14H,4-11H2,1-3H3. The molecule has 1 amide bonds. The predicted octanol–water partition coefficient (Wildman–Crippen LogP) is 0.897. The molecular weight excluding hydrogens is 284 g/mol. The highest BCUT2D eigenvalue weighted by Crippen LogP contribution is 2.28. The highest BCUT2D eigenvalue weighted by atomic mass is 16.5. The first-order valence-electron chi connectivity index (χ1n) is 8.20. The van der Waals surface area contributed by atoms with E-state index in [1.54, 1.807) is 0 Å². The molecule has 1 heterocycles. The molecule has 2 aliphatic rings. The van der Waals surface area contributed by atoms with Crippen molar-refractivity contribution in [3.05, 3.63) is 0 Å². The zero-order valence-electron chi connectivity index (χ0n) is 13.9. The van der Waals surface area contributed by atoms with Crippen molar-refractivity contribution in [1.82, 2.24) is 9.80 Å². The average Bonchev–Trinajstić information content (AvgIpc) is 2.53. The third kappa shape index (κ3) is 4.20. The summed E-state index contributed by atoms with van der Waals surface area (Å²) >= 11 is 0. The van der Waals surface area contributed by atoms with Crippen molar-refractivity contribution in [2.45, 2.75) is 44.8 Å². The van der Waals surface area contributed by atoms with Gasteiger partial charge in [-0.1, -0.05) is 19.8 Å². The van der Waals surface area contributed by atoms with Gasteiger partial charge in [0.1, 0.15) is 0 Å². The summed E-state index contributed by atoms with van der Waals surface area (Å²) in [6.45, 7) is 4.00. The number of ether oxygens (including phenoxy) is 2. The number of methoxy groups -OCH3 is 1. The van der Waals surface area contributed by atoms with Gasteiger partial charge >= 0.3 is 5.97 Å². The Hall–Kier alpha value is -1.14. The van der Waals surface area contributed by atoms with Crippen LogP contribution in [-0.2, 0) is 19.1 Å². The lowest BCUT2D eigenvalue weighted by Gasteiger charge is -2.44. The van der Waals surface area contributed by atoms with Gasteiger partial charge in [-0.05, 0) is 19.9 Å². The largest absolute Gasteiger partial charge is 0.469 e. The second-order valence-electron chi connectivity index (χ2n) is 6.47. The molecule has 0 N–H and O–H groups in total. The molecule has 0 bridgehead atoms. The molecule has 126 valence electrons. The summed E-state index contributed by atoms with van der Waals surface area (Å²) in [7, 11) is 3.26. The molecule has 22 heavy (non-hydrogen) atoms. The monoisotopic (exact) mass is 312 g/mol. The summed E-state index contributed by atoms with van der Waals surface area (Å²) in [5.41, 5.74) is 0. The van der Waals surface area contributed by atoms with Crippen molar-refractivity contribution in [3.8, 4) is 0 Å². The Morgan fingerprint density at radius 1 is 1.36 bits per heavy atom. The quantitative estimate of drug-likeness (QED) is 0.706. The molecule has 2 fully saturated rings. The second-order valence-corrected chi connectivity index (χ2v) is 6.47. The van der Waals surface area contributed by atoms with Crippen LogP contribution in [0.25, 0.3) is 0 Å². The third-order valence-electron chi connectivity index (χ3n) is 4.65. The summed E-state index contributed by atoms with van der Waals surface area (Å²) < 4.78 is 10.5. The number of morpholine rings is 1. The van der Waals surface area contributed by atoms with Crippen molar-refractivity contribution in [1.29, 1.82) is 0 Å². The van der Waals surface area contributed by atoms with E-state index in [0.717, 1.165) is 12.8 Å². The van der Waals surface area contributed by atoms with Crippen LogP contribution in [0, 0.1) is 5.92 Å². The minimum atomic E-state index is -0.238. The van der Waals surface area contributed by atoms with Gasteiger partial charge in [0.2, 0.25) is 5.91 Å². The number of rotatable bonds is 5. The topological polar surface area (TPSA) is 59.1 Å². The zero-order chi connectivity index (χ0) is 16.1. The Morgan fingerprint density at radius 3 is 2.82 bits per heavy atom. The number of likely N-dealkylation sites (N-methyl/N-ethyl adjacent to an activating group) is 1. The summed E-state index contributed by atoms with van der Waals surface area (Å²) in [6, 6.07) is 0.237. The van der Waals surface area contributed by atoms with Gasteiger partial charge in [-0.25, -0.2) is 0 Å². The average molecular weight is 312 g/mol. The van der Waals surface area contributed by atoms with E-state index in [1.165, 1.54) is 20.0 Å². The first-order chi connectivity index (χ1) is 10.5. The fourth-order valence-corrected chi connectivity index (χ4v) is 3.54. The van der Waals surface area contributed by atoms with Crippen LogP contribution in [0.4, 0.5) is 0 Å². The SMILES string of the molecule is COC(=O)C(C)CN(C)CC(=O)N1CCOC2CCCCC21. The van der Waals surface area contributed by atoms with E-state index < -0.39 is 0 Å². The molecule has 3 unspecified atom stereocenters. The molecule has 3 atom stereocenters. The molecule has 0 spiro atoms. The minimum absolute atomic E-state index is 0.139. The maximum atomic E-state index is 12.6. The highest BCUT2D eigenvalue weighted by molar-refractivity contribution is 5.79. The number of amides is 1. The van der Waals surface area contributed by atoms with Crippen molar-refractivity contribution >= 4 is 11.9 Å². The number of fused-ring (bicyclic) bond motifs is 1. The van der Waals surface area contributed by atoms with Crippen LogP contribution in [0.2, 0.25) is 0 Å². The Bertz CT molecular complexity index is 400. The lowest BCUT2D eigenvalue weighted by molar-refractivity contribution is -0.151. The summed E-state index contributed by atoms with van der Waals surface area (Å²) in [5.74, 6) is -0.326. The molecule has 0 aromatic heterocycles. The van der Waals surface area contributed by atoms with Crippen molar-refractivity contribution in [2.75, 3.05) is 40.4 Å². The molecule has 1 aliphatic heterocycles. The van der Waals surface area contributed by atoms with Crippen LogP contribution in [-0.4, -0.2) is 74.2 Å². The highest BCUT2D eigenvalue weighted by Gasteiger charge is 2.36. The van der Waals surface area contributed by atoms with E-state index in [0.29, 0.717) is 26.2 Å².